The Bertz CT molecular complexity index is 918. The van der Waals surface area contributed by atoms with Gasteiger partial charge < -0.3 is 18.8 Å². The zero-order valence-electron chi connectivity index (χ0n) is 19.5. The van der Waals surface area contributed by atoms with E-state index in [1.54, 1.807) is 0 Å². The fraction of sp³-hybridized carbons (Fsp3) is 0.640. The predicted octanol–water partition coefficient (Wildman–Crippen LogP) is 4.24. The van der Waals surface area contributed by atoms with Crippen molar-refractivity contribution in [3.63, 3.8) is 0 Å². The summed E-state index contributed by atoms with van der Waals surface area (Å²) in [7, 11) is 3.65. The van der Waals surface area contributed by atoms with E-state index < -0.39 is 0 Å². The Hall–Kier alpha value is -1.89. The monoisotopic (exact) mass is 428 g/mol. The van der Waals surface area contributed by atoms with Gasteiger partial charge in [0.2, 0.25) is 0 Å². The Balaban J connectivity index is 1.84. The molecule has 0 radical (unpaired) electrons. The van der Waals surface area contributed by atoms with Crippen LogP contribution in [-0.4, -0.2) is 55.1 Å². The van der Waals surface area contributed by atoms with Crippen LogP contribution >= 0.6 is 0 Å². The van der Waals surface area contributed by atoms with Gasteiger partial charge in [-0.3, -0.25) is 9.69 Å². The number of esters is 1. The maximum absolute atomic E-state index is 13.1. The van der Waals surface area contributed by atoms with E-state index in [2.05, 4.69) is 47.7 Å². The van der Waals surface area contributed by atoms with Crippen molar-refractivity contribution in [2.75, 3.05) is 33.4 Å². The summed E-state index contributed by atoms with van der Waals surface area (Å²) in [5.74, 6) is 0.407. The summed E-state index contributed by atoms with van der Waals surface area (Å²) in [5.41, 5.74) is 3.58. The van der Waals surface area contributed by atoms with Crippen molar-refractivity contribution in [3.05, 3.63) is 35.5 Å². The van der Waals surface area contributed by atoms with Crippen LogP contribution in [0.5, 0.6) is 0 Å². The molecule has 0 spiro atoms. The van der Waals surface area contributed by atoms with Crippen molar-refractivity contribution in [2.24, 2.45) is 18.9 Å². The highest BCUT2D eigenvalue weighted by Crippen LogP contribution is 2.54. The Labute approximate surface area is 185 Å². The number of aromatic nitrogens is 1. The van der Waals surface area contributed by atoms with Crippen molar-refractivity contribution >= 4 is 16.9 Å². The van der Waals surface area contributed by atoms with Gasteiger partial charge in [-0.1, -0.05) is 31.5 Å². The molecule has 1 saturated heterocycles. The fourth-order valence-electron chi connectivity index (χ4n) is 6.01. The van der Waals surface area contributed by atoms with Crippen molar-refractivity contribution in [1.29, 1.82) is 0 Å². The van der Waals surface area contributed by atoms with Crippen LogP contribution in [0.15, 0.2) is 24.3 Å². The Morgan fingerprint density at radius 1 is 1.16 bits per heavy atom. The van der Waals surface area contributed by atoms with E-state index in [-0.39, 0.29) is 30.1 Å². The van der Waals surface area contributed by atoms with Crippen molar-refractivity contribution in [1.82, 2.24) is 9.47 Å². The van der Waals surface area contributed by atoms with Crippen LogP contribution in [0.4, 0.5) is 0 Å². The SMILES string of the molecule is CCOC(CN1C[C@@H](CC)[C@@H]2C[C@H]1c1c(c3ccccc3n1C)[C@H]2C(=O)OC)OCC. The van der Waals surface area contributed by atoms with E-state index in [0.717, 1.165) is 25.9 Å². The van der Waals surface area contributed by atoms with Gasteiger partial charge in [0.1, 0.15) is 0 Å². The van der Waals surface area contributed by atoms with Crippen molar-refractivity contribution in [2.45, 2.75) is 51.9 Å². The third-order valence-corrected chi connectivity index (χ3v) is 7.33. The highest BCUT2D eigenvalue weighted by Gasteiger charge is 2.50. The number of fused-ring (bicyclic) bond motifs is 6. The first kappa shape index (κ1) is 22.3. The zero-order valence-corrected chi connectivity index (χ0v) is 19.5. The molecule has 2 bridgehead atoms. The minimum atomic E-state index is -0.236. The van der Waals surface area contributed by atoms with Crippen LogP contribution < -0.4 is 0 Å². The molecule has 1 aromatic carbocycles. The second-order valence-corrected chi connectivity index (χ2v) is 8.75. The average Bonchev–Trinajstić information content (AvgIpc) is 3.08. The number of rotatable bonds is 8. The lowest BCUT2D eigenvalue weighted by Crippen LogP contribution is -2.51. The van der Waals surface area contributed by atoms with Crippen LogP contribution in [0.1, 0.15) is 56.8 Å². The second-order valence-electron chi connectivity index (χ2n) is 8.75. The van der Waals surface area contributed by atoms with E-state index in [4.69, 9.17) is 14.2 Å². The number of para-hydroxylation sites is 1. The number of benzene rings is 1. The molecule has 0 amide bonds. The molecule has 0 N–H and O–H groups in total. The van der Waals surface area contributed by atoms with Gasteiger partial charge in [0.25, 0.3) is 0 Å². The molecule has 6 heteroatoms. The number of nitrogens with zero attached hydrogens (tertiary/aromatic N) is 2. The molecule has 0 saturated carbocycles. The molecule has 2 heterocycles. The van der Waals surface area contributed by atoms with Gasteiger partial charge >= 0.3 is 5.97 Å². The van der Waals surface area contributed by atoms with Gasteiger partial charge in [-0.05, 0) is 43.7 Å². The number of hydrogen-bond acceptors (Lipinski definition) is 5. The van der Waals surface area contributed by atoms with E-state index in [0.29, 0.717) is 19.1 Å². The summed E-state index contributed by atoms with van der Waals surface area (Å²) in [6.45, 7) is 9.20. The number of likely N-dealkylation sites (tertiary alicyclic amines) is 1. The molecular weight excluding hydrogens is 392 g/mol. The predicted molar refractivity (Wildman–Crippen MR) is 121 cm³/mol. The smallest absolute Gasteiger partial charge is 0.313 e. The van der Waals surface area contributed by atoms with Gasteiger partial charge in [-0.15, -0.1) is 0 Å². The summed E-state index contributed by atoms with van der Waals surface area (Å²) in [5, 5.41) is 1.17. The van der Waals surface area contributed by atoms with Gasteiger partial charge in [0.15, 0.2) is 6.29 Å². The lowest BCUT2D eigenvalue weighted by molar-refractivity contribution is -0.161. The number of ether oxygens (including phenoxy) is 3. The molecule has 170 valence electrons. The Kier molecular flexibility index (Phi) is 6.70. The molecule has 2 aliphatic rings. The Morgan fingerprint density at radius 3 is 2.52 bits per heavy atom. The third kappa shape index (κ3) is 3.79. The van der Waals surface area contributed by atoms with Gasteiger partial charge in [0.05, 0.1) is 25.6 Å². The lowest BCUT2D eigenvalue weighted by atomic mass is 9.65. The number of piperidine rings is 1. The molecule has 0 unspecified atom stereocenters. The van der Waals surface area contributed by atoms with Crippen molar-refractivity contribution in [3.8, 4) is 0 Å². The molecule has 4 atom stereocenters. The maximum atomic E-state index is 13.1. The van der Waals surface area contributed by atoms with Gasteiger partial charge in [-0.25, -0.2) is 0 Å². The maximum Gasteiger partial charge on any atom is 0.313 e. The summed E-state index contributed by atoms with van der Waals surface area (Å²) in [4.78, 5) is 15.6. The fourth-order valence-corrected chi connectivity index (χ4v) is 6.01. The number of aryl methyl sites for hydroxylation is 1. The standard InChI is InChI=1S/C25H36N2O4/c1-6-16-14-27(15-21(30-7-2)31-8-3)20-13-18(16)23(25(28)29-5)22-17-11-9-10-12-19(17)26(4)24(20)22/h9-12,16,18,20-21,23H,6-8,13-15H2,1-5H3/t16-,18+,20+,23+/m1/s1. The summed E-state index contributed by atoms with van der Waals surface area (Å²) in [6.07, 6.45) is 1.76. The highest BCUT2D eigenvalue weighted by molar-refractivity contribution is 5.92. The number of hydrogen-bond donors (Lipinski definition) is 0. The Morgan fingerprint density at radius 2 is 1.87 bits per heavy atom. The highest BCUT2D eigenvalue weighted by atomic mass is 16.7. The molecular formula is C25H36N2O4. The van der Waals surface area contributed by atoms with Crippen LogP contribution in [0.2, 0.25) is 0 Å². The first-order valence-electron chi connectivity index (χ1n) is 11.7. The number of carbonyl (C=O) groups excluding carboxylic acids is 1. The van der Waals surface area contributed by atoms with Crippen LogP contribution in [0, 0.1) is 11.8 Å². The van der Waals surface area contributed by atoms with Gasteiger partial charge in [-0.2, -0.15) is 0 Å². The zero-order chi connectivity index (χ0) is 22.1. The molecule has 4 rings (SSSR count). The molecule has 6 nitrogen and oxygen atoms in total. The average molecular weight is 429 g/mol. The largest absolute Gasteiger partial charge is 0.469 e. The number of carbonyl (C=O) groups is 1. The van der Waals surface area contributed by atoms with E-state index in [1.807, 2.05) is 13.8 Å². The summed E-state index contributed by atoms with van der Waals surface area (Å²) in [6, 6.07) is 8.68. The first-order chi connectivity index (χ1) is 15.0. The van der Waals surface area contributed by atoms with Crippen molar-refractivity contribution < 1.29 is 19.0 Å². The normalized spacial score (nSPS) is 25.7. The molecule has 1 aliphatic carbocycles. The first-order valence-corrected chi connectivity index (χ1v) is 11.7. The lowest BCUT2D eigenvalue weighted by Gasteiger charge is -2.50. The van der Waals surface area contributed by atoms with Crippen LogP contribution in [0.3, 0.4) is 0 Å². The van der Waals surface area contributed by atoms with Gasteiger partial charge in [0, 0.05) is 43.4 Å². The molecule has 1 fully saturated rings. The third-order valence-electron chi connectivity index (χ3n) is 7.33. The quantitative estimate of drug-likeness (QED) is 0.465. The summed E-state index contributed by atoms with van der Waals surface area (Å²) < 4.78 is 19.4. The molecule has 1 aromatic heterocycles. The molecule has 1 aliphatic heterocycles. The summed E-state index contributed by atoms with van der Waals surface area (Å²) >= 11 is 0. The minimum absolute atomic E-state index is 0.102. The number of methoxy groups -OCH3 is 1. The van der Waals surface area contributed by atoms with E-state index >= 15 is 0 Å². The van der Waals surface area contributed by atoms with E-state index in [9.17, 15) is 4.79 Å². The minimum Gasteiger partial charge on any atom is -0.469 e. The molecule has 31 heavy (non-hydrogen) atoms. The van der Waals surface area contributed by atoms with Crippen LogP contribution in [0.25, 0.3) is 10.9 Å². The van der Waals surface area contributed by atoms with Crippen LogP contribution in [-0.2, 0) is 26.1 Å². The van der Waals surface area contributed by atoms with E-state index in [1.165, 1.54) is 29.3 Å². The molecule has 2 aromatic rings. The topological polar surface area (TPSA) is 52.9 Å². The second kappa shape index (κ2) is 9.31.